The molecule has 1 aliphatic rings. The fourth-order valence-corrected chi connectivity index (χ4v) is 3.60. The van der Waals surface area contributed by atoms with Crippen LogP contribution in [0.1, 0.15) is 47.3 Å². The number of alkyl halides is 3. The average molecular weight is 395 g/mol. The zero-order valence-electron chi connectivity index (χ0n) is 15.0. The van der Waals surface area contributed by atoms with Crippen molar-refractivity contribution in [2.24, 2.45) is 0 Å². The van der Waals surface area contributed by atoms with E-state index in [2.05, 4.69) is 0 Å². The molecule has 3 nitrogen and oxygen atoms in total. The lowest BCUT2D eigenvalue weighted by Gasteiger charge is -2.30. The van der Waals surface area contributed by atoms with E-state index in [9.17, 15) is 22.2 Å². The predicted molar refractivity (Wildman–Crippen MR) is 97.8 cm³/mol. The molecule has 1 saturated carbocycles. The Bertz CT molecular complexity index is 860. The molecule has 0 heterocycles. The molecule has 1 aliphatic carbocycles. The van der Waals surface area contributed by atoms with E-state index in [0.29, 0.717) is 16.0 Å². The third kappa shape index (κ3) is 4.40. The molecule has 0 aliphatic heterocycles. The van der Waals surface area contributed by atoms with Crippen LogP contribution in [-0.2, 0) is 17.0 Å². The highest BCUT2D eigenvalue weighted by Gasteiger charge is 2.37. The van der Waals surface area contributed by atoms with E-state index in [1.165, 1.54) is 6.07 Å². The number of rotatable bonds is 5. The summed E-state index contributed by atoms with van der Waals surface area (Å²) in [5.74, 6) is -0.226. The minimum atomic E-state index is -4.42. The molecule has 0 radical (unpaired) electrons. The van der Waals surface area contributed by atoms with Crippen molar-refractivity contribution in [3.05, 3.63) is 65.2 Å². The SMILES string of the molecule is C[C@@H](c1cccc(C(F)(F)F)c1)N(C(=O)c1ccc([S@@](C)=O)cc1)C1CC1. The van der Waals surface area contributed by atoms with Gasteiger partial charge in [-0.05, 0) is 61.7 Å². The van der Waals surface area contributed by atoms with Crippen molar-refractivity contribution in [1.82, 2.24) is 4.90 Å². The van der Waals surface area contributed by atoms with Gasteiger partial charge in [0.05, 0.1) is 11.6 Å². The molecular formula is C20H20F3NO2S. The van der Waals surface area contributed by atoms with Gasteiger partial charge >= 0.3 is 6.18 Å². The second kappa shape index (κ2) is 7.46. The molecule has 144 valence electrons. The second-order valence-corrected chi connectivity index (χ2v) is 8.10. The predicted octanol–water partition coefficient (Wildman–Crippen LogP) is 4.81. The molecule has 7 heteroatoms. The minimum absolute atomic E-state index is 0.0297. The van der Waals surface area contributed by atoms with Crippen molar-refractivity contribution in [1.29, 1.82) is 0 Å². The summed E-state index contributed by atoms with van der Waals surface area (Å²) in [5.41, 5.74) is 0.177. The standard InChI is InChI=1S/C20H20F3NO2S/c1-13(15-4-3-5-16(12-15)20(21,22)23)24(17-8-9-17)19(25)14-6-10-18(11-7-14)27(2)26/h3-7,10-13,17H,8-9H2,1-2H3/t13-,27+/m0/s1. The monoisotopic (exact) mass is 395 g/mol. The maximum Gasteiger partial charge on any atom is 0.416 e. The van der Waals surface area contributed by atoms with Crippen LogP contribution in [0.2, 0.25) is 0 Å². The van der Waals surface area contributed by atoms with Gasteiger partial charge in [-0.15, -0.1) is 0 Å². The Balaban J connectivity index is 1.89. The topological polar surface area (TPSA) is 37.4 Å². The molecule has 0 N–H and O–H groups in total. The number of benzene rings is 2. The minimum Gasteiger partial charge on any atom is -0.329 e. The molecular weight excluding hydrogens is 375 g/mol. The van der Waals surface area contributed by atoms with Crippen molar-refractivity contribution in [3.8, 4) is 0 Å². The average Bonchev–Trinajstić information content (AvgIpc) is 3.46. The zero-order chi connectivity index (χ0) is 19.8. The molecule has 2 aromatic carbocycles. The van der Waals surface area contributed by atoms with Crippen LogP contribution >= 0.6 is 0 Å². The van der Waals surface area contributed by atoms with Crippen molar-refractivity contribution in [2.75, 3.05) is 6.26 Å². The van der Waals surface area contributed by atoms with Crippen molar-refractivity contribution in [3.63, 3.8) is 0 Å². The molecule has 1 amide bonds. The van der Waals surface area contributed by atoms with Crippen molar-refractivity contribution >= 4 is 16.7 Å². The first-order chi connectivity index (χ1) is 12.7. The highest BCUT2D eigenvalue weighted by Crippen LogP contribution is 2.37. The van der Waals surface area contributed by atoms with Gasteiger partial charge in [0, 0.05) is 33.6 Å². The summed E-state index contributed by atoms with van der Waals surface area (Å²) < 4.78 is 50.6. The number of nitrogens with zero attached hydrogens (tertiary/aromatic N) is 1. The zero-order valence-corrected chi connectivity index (χ0v) is 15.8. The number of halogens is 3. The lowest BCUT2D eigenvalue weighted by Crippen LogP contribution is -2.35. The van der Waals surface area contributed by atoms with Gasteiger partial charge in [-0.1, -0.05) is 12.1 Å². The molecule has 2 atom stereocenters. The van der Waals surface area contributed by atoms with Crippen LogP contribution in [0.15, 0.2) is 53.4 Å². The number of carbonyl (C=O) groups excluding carboxylic acids is 1. The van der Waals surface area contributed by atoms with Crippen LogP contribution < -0.4 is 0 Å². The number of hydrogen-bond donors (Lipinski definition) is 0. The maximum absolute atomic E-state index is 13.0. The fourth-order valence-electron chi connectivity index (χ4n) is 3.08. The smallest absolute Gasteiger partial charge is 0.329 e. The van der Waals surface area contributed by atoms with Gasteiger partial charge < -0.3 is 4.90 Å². The Labute approximate surface area is 158 Å². The van der Waals surface area contributed by atoms with Gasteiger partial charge in [0.25, 0.3) is 5.91 Å². The molecule has 0 bridgehead atoms. The first kappa shape index (κ1) is 19.6. The Morgan fingerprint density at radius 2 is 1.78 bits per heavy atom. The van der Waals surface area contributed by atoms with Crippen LogP contribution in [0, 0.1) is 0 Å². The maximum atomic E-state index is 13.0. The molecule has 0 unspecified atom stereocenters. The third-order valence-electron chi connectivity index (χ3n) is 4.72. The number of carbonyl (C=O) groups is 1. The van der Waals surface area contributed by atoms with Crippen LogP contribution in [0.4, 0.5) is 13.2 Å². The van der Waals surface area contributed by atoms with Gasteiger partial charge in [0.15, 0.2) is 0 Å². The summed E-state index contributed by atoms with van der Waals surface area (Å²) in [6.45, 7) is 1.75. The molecule has 0 aromatic heterocycles. The molecule has 1 fully saturated rings. The van der Waals surface area contributed by atoms with Gasteiger partial charge in [-0.2, -0.15) is 13.2 Å². The molecule has 27 heavy (non-hydrogen) atoms. The van der Waals surface area contributed by atoms with Crippen molar-refractivity contribution < 1.29 is 22.2 Å². The lowest BCUT2D eigenvalue weighted by molar-refractivity contribution is -0.137. The van der Waals surface area contributed by atoms with Crippen LogP contribution in [0.25, 0.3) is 0 Å². The largest absolute Gasteiger partial charge is 0.416 e. The first-order valence-electron chi connectivity index (χ1n) is 8.62. The Kier molecular flexibility index (Phi) is 5.42. The second-order valence-electron chi connectivity index (χ2n) is 6.72. The van der Waals surface area contributed by atoms with Crippen LogP contribution in [0.3, 0.4) is 0 Å². The molecule has 0 saturated heterocycles. The highest BCUT2D eigenvalue weighted by molar-refractivity contribution is 7.84. The van der Waals surface area contributed by atoms with Crippen LogP contribution in [-0.4, -0.2) is 27.3 Å². The normalized spacial score (nSPS) is 16.6. The van der Waals surface area contributed by atoms with Gasteiger partial charge in [0.1, 0.15) is 0 Å². The quantitative estimate of drug-likeness (QED) is 0.729. The summed E-state index contributed by atoms with van der Waals surface area (Å²) in [6.07, 6.45) is -1.18. The van der Waals surface area contributed by atoms with E-state index in [0.717, 1.165) is 25.0 Å². The van der Waals surface area contributed by atoms with Gasteiger partial charge in [-0.25, -0.2) is 0 Å². The van der Waals surface area contributed by atoms with Crippen molar-refractivity contribution in [2.45, 2.75) is 42.9 Å². The number of hydrogen-bond acceptors (Lipinski definition) is 2. The van der Waals surface area contributed by atoms with E-state index >= 15 is 0 Å². The summed E-state index contributed by atoms with van der Waals surface area (Å²) in [6, 6.07) is 11.2. The Hall–Kier alpha value is -2.15. The molecule has 2 aromatic rings. The molecule has 0 spiro atoms. The lowest BCUT2D eigenvalue weighted by atomic mass is 10.0. The van der Waals surface area contributed by atoms with E-state index in [1.54, 1.807) is 48.4 Å². The van der Waals surface area contributed by atoms with E-state index in [-0.39, 0.29) is 11.9 Å². The summed E-state index contributed by atoms with van der Waals surface area (Å²) >= 11 is 0. The molecule has 3 rings (SSSR count). The summed E-state index contributed by atoms with van der Waals surface area (Å²) in [7, 11) is -1.14. The summed E-state index contributed by atoms with van der Waals surface area (Å²) in [4.78, 5) is 15.3. The first-order valence-corrected chi connectivity index (χ1v) is 10.2. The Morgan fingerprint density at radius 3 is 2.30 bits per heavy atom. The van der Waals surface area contributed by atoms with Gasteiger partial charge in [0.2, 0.25) is 0 Å². The highest BCUT2D eigenvalue weighted by atomic mass is 32.2. The number of amides is 1. The third-order valence-corrected chi connectivity index (χ3v) is 5.66. The fraction of sp³-hybridized carbons (Fsp3) is 0.350. The van der Waals surface area contributed by atoms with E-state index < -0.39 is 28.6 Å². The summed E-state index contributed by atoms with van der Waals surface area (Å²) in [5, 5.41) is 0. The van der Waals surface area contributed by atoms with Crippen LogP contribution in [0.5, 0.6) is 0 Å². The van der Waals surface area contributed by atoms with E-state index in [1.807, 2.05) is 0 Å². The Morgan fingerprint density at radius 1 is 1.15 bits per heavy atom. The van der Waals surface area contributed by atoms with Gasteiger partial charge in [-0.3, -0.25) is 9.00 Å². The van der Waals surface area contributed by atoms with E-state index in [4.69, 9.17) is 0 Å².